The Morgan fingerprint density at radius 1 is 1.57 bits per heavy atom. The van der Waals surface area contributed by atoms with E-state index in [0.717, 1.165) is 18.7 Å². The second-order valence-corrected chi connectivity index (χ2v) is 2.72. The van der Waals surface area contributed by atoms with Crippen LogP contribution in [-0.2, 0) is 0 Å². The summed E-state index contributed by atoms with van der Waals surface area (Å²) in [7, 11) is 0. The zero-order valence-electron chi connectivity index (χ0n) is 7.68. The van der Waals surface area contributed by atoms with Crippen molar-refractivity contribution in [3.63, 3.8) is 0 Å². The number of carbonyl (C=O) groups is 1. The Morgan fingerprint density at radius 2 is 2.29 bits per heavy atom. The van der Waals surface area contributed by atoms with Gasteiger partial charge in [0.2, 0.25) is 5.95 Å². The van der Waals surface area contributed by atoms with Crippen molar-refractivity contribution in [2.24, 2.45) is 0 Å². The van der Waals surface area contributed by atoms with Crippen LogP contribution in [0.25, 0.3) is 0 Å². The molecule has 0 aromatic carbocycles. The normalized spacial score (nSPS) is 9.93. The maximum absolute atomic E-state index is 13.0. The van der Waals surface area contributed by atoms with E-state index < -0.39 is 17.7 Å². The average molecular weight is 200 g/mol. The number of aromatic nitrogens is 1. The zero-order valence-corrected chi connectivity index (χ0v) is 7.68. The molecule has 0 bridgehead atoms. The number of halogens is 2. The van der Waals surface area contributed by atoms with Gasteiger partial charge in [-0.1, -0.05) is 6.92 Å². The summed E-state index contributed by atoms with van der Waals surface area (Å²) in [5, 5.41) is 2.44. The molecule has 0 spiro atoms. The highest BCUT2D eigenvalue weighted by molar-refractivity contribution is 5.94. The summed E-state index contributed by atoms with van der Waals surface area (Å²) in [6, 6.07) is 1.14. The highest BCUT2D eigenvalue weighted by Crippen LogP contribution is 2.08. The molecule has 0 fully saturated rings. The van der Waals surface area contributed by atoms with Gasteiger partial charge in [0.15, 0.2) is 5.82 Å². The van der Waals surface area contributed by atoms with E-state index in [4.69, 9.17) is 0 Å². The number of hydrogen-bond donors (Lipinski definition) is 1. The highest BCUT2D eigenvalue weighted by atomic mass is 19.2. The van der Waals surface area contributed by atoms with Crippen LogP contribution in [0.5, 0.6) is 0 Å². The van der Waals surface area contributed by atoms with E-state index in [2.05, 4.69) is 10.3 Å². The fourth-order valence-electron chi connectivity index (χ4n) is 0.927. The van der Waals surface area contributed by atoms with Crippen LogP contribution in [0.4, 0.5) is 8.78 Å². The molecule has 1 aromatic heterocycles. The summed E-state index contributed by atoms with van der Waals surface area (Å²) in [5.41, 5.74) is -0.314. The molecular weight excluding hydrogens is 190 g/mol. The van der Waals surface area contributed by atoms with E-state index in [1.54, 1.807) is 0 Å². The first kappa shape index (κ1) is 10.6. The SMILES string of the molecule is CCCNC(=O)c1ccnc(F)c1F. The molecule has 3 nitrogen and oxygen atoms in total. The van der Waals surface area contributed by atoms with E-state index in [9.17, 15) is 13.6 Å². The summed E-state index contributed by atoms with van der Waals surface area (Å²) in [4.78, 5) is 14.3. The Balaban J connectivity index is 2.84. The predicted molar refractivity (Wildman–Crippen MR) is 46.8 cm³/mol. The third-order valence-corrected chi connectivity index (χ3v) is 1.63. The van der Waals surface area contributed by atoms with Crippen molar-refractivity contribution in [2.45, 2.75) is 13.3 Å². The second-order valence-electron chi connectivity index (χ2n) is 2.72. The van der Waals surface area contributed by atoms with Gasteiger partial charge in [0.25, 0.3) is 5.91 Å². The van der Waals surface area contributed by atoms with E-state index >= 15 is 0 Å². The molecule has 1 rings (SSSR count). The topological polar surface area (TPSA) is 42.0 Å². The van der Waals surface area contributed by atoms with Crippen molar-refractivity contribution >= 4 is 5.91 Å². The smallest absolute Gasteiger partial charge is 0.254 e. The standard InChI is InChI=1S/C9H10F2N2O/c1-2-4-13-9(14)6-3-5-12-8(11)7(6)10/h3,5H,2,4H2,1H3,(H,13,14). The Bertz CT molecular complexity index is 342. The van der Waals surface area contributed by atoms with E-state index in [-0.39, 0.29) is 5.56 Å². The lowest BCUT2D eigenvalue weighted by Crippen LogP contribution is -2.25. The molecule has 14 heavy (non-hydrogen) atoms. The molecule has 1 amide bonds. The minimum atomic E-state index is -1.26. The minimum Gasteiger partial charge on any atom is -0.352 e. The minimum absolute atomic E-state index is 0.314. The molecule has 0 radical (unpaired) electrons. The molecule has 0 atom stereocenters. The summed E-state index contributed by atoms with van der Waals surface area (Å²) in [5.74, 6) is -3.08. The quantitative estimate of drug-likeness (QED) is 0.751. The van der Waals surface area contributed by atoms with Gasteiger partial charge in [-0.25, -0.2) is 9.37 Å². The number of pyridine rings is 1. The van der Waals surface area contributed by atoms with Gasteiger partial charge in [0, 0.05) is 12.7 Å². The molecule has 0 unspecified atom stereocenters. The molecule has 1 N–H and O–H groups in total. The lowest BCUT2D eigenvalue weighted by molar-refractivity contribution is 0.0948. The molecule has 1 aromatic rings. The van der Waals surface area contributed by atoms with Crippen molar-refractivity contribution in [2.75, 3.05) is 6.54 Å². The lowest BCUT2D eigenvalue weighted by Gasteiger charge is -2.03. The van der Waals surface area contributed by atoms with Gasteiger partial charge in [-0.15, -0.1) is 0 Å². The van der Waals surface area contributed by atoms with Gasteiger partial charge in [-0.3, -0.25) is 4.79 Å². The van der Waals surface area contributed by atoms with Gasteiger partial charge >= 0.3 is 0 Å². The van der Waals surface area contributed by atoms with E-state index in [0.29, 0.717) is 6.54 Å². The zero-order chi connectivity index (χ0) is 10.6. The van der Waals surface area contributed by atoms with Crippen LogP contribution in [0.3, 0.4) is 0 Å². The van der Waals surface area contributed by atoms with Gasteiger partial charge in [0.05, 0.1) is 5.56 Å². The average Bonchev–Trinajstić information content (AvgIpc) is 2.18. The highest BCUT2D eigenvalue weighted by Gasteiger charge is 2.14. The molecule has 0 aliphatic carbocycles. The van der Waals surface area contributed by atoms with Crippen LogP contribution in [0.15, 0.2) is 12.3 Å². The fraction of sp³-hybridized carbons (Fsp3) is 0.333. The van der Waals surface area contributed by atoms with Crippen molar-refractivity contribution < 1.29 is 13.6 Å². The van der Waals surface area contributed by atoms with Crippen LogP contribution in [0.1, 0.15) is 23.7 Å². The van der Waals surface area contributed by atoms with Gasteiger partial charge in [-0.05, 0) is 12.5 Å². The second kappa shape index (κ2) is 4.64. The van der Waals surface area contributed by atoms with Crippen molar-refractivity contribution in [3.05, 3.63) is 29.6 Å². The fourth-order valence-corrected chi connectivity index (χ4v) is 0.927. The third kappa shape index (κ3) is 2.25. The predicted octanol–water partition coefficient (Wildman–Crippen LogP) is 1.50. The molecule has 0 saturated carbocycles. The summed E-state index contributed by atoms with van der Waals surface area (Å²) in [6.45, 7) is 2.30. The van der Waals surface area contributed by atoms with E-state index in [1.807, 2.05) is 6.92 Å². The van der Waals surface area contributed by atoms with Crippen LogP contribution in [-0.4, -0.2) is 17.4 Å². The van der Waals surface area contributed by atoms with Crippen molar-refractivity contribution in [1.82, 2.24) is 10.3 Å². The molecule has 0 aliphatic rings. The maximum atomic E-state index is 13.0. The molecule has 0 aliphatic heterocycles. The number of rotatable bonds is 3. The Kier molecular flexibility index (Phi) is 3.50. The van der Waals surface area contributed by atoms with Crippen LogP contribution in [0.2, 0.25) is 0 Å². The Morgan fingerprint density at radius 3 is 2.93 bits per heavy atom. The maximum Gasteiger partial charge on any atom is 0.254 e. The van der Waals surface area contributed by atoms with Crippen LogP contribution < -0.4 is 5.32 Å². The first-order valence-corrected chi connectivity index (χ1v) is 4.25. The third-order valence-electron chi connectivity index (χ3n) is 1.63. The number of amides is 1. The first-order valence-electron chi connectivity index (χ1n) is 4.25. The number of nitrogens with one attached hydrogen (secondary N) is 1. The monoisotopic (exact) mass is 200 g/mol. The molecule has 0 saturated heterocycles. The largest absolute Gasteiger partial charge is 0.352 e. The van der Waals surface area contributed by atoms with Gasteiger partial charge < -0.3 is 5.32 Å². The van der Waals surface area contributed by atoms with E-state index in [1.165, 1.54) is 0 Å². The lowest BCUT2D eigenvalue weighted by atomic mass is 10.2. The van der Waals surface area contributed by atoms with Crippen LogP contribution >= 0.6 is 0 Å². The molecular formula is C9H10F2N2O. The van der Waals surface area contributed by atoms with Crippen molar-refractivity contribution in [1.29, 1.82) is 0 Å². The summed E-state index contributed by atoms with van der Waals surface area (Å²) >= 11 is 0. The summed E-state index contributed by atoms with van der Waals surface area (Å²) < 4.78 is 25.6. The molecule has 5 heteroatoms. The van der Waals surface area contributed by atoms with Crippen molar-refractivity contribution in [3.8, 4) is 0 Å². The molecule has 1 heterocycles. The van der Waals surface area contributed by atoms with Gasteiger partial charge in [-0.2, -0.15) is 4.39 Å². The number of nitrogens with zero attached hydrogens (tertiary/aromatic N) is 1. The Labute approximate surface area is 80.2 Å². The first-order chi connectivity index (χ1) is 6.66. The number of hydrogen-bond acceptors (Lipinski definition) is 2. The van der Waals surface area contributed by atoms with Crippen LogP contribution in [0, 0.1) is 11.8 Å². The summed E-state index contributed by atoms with van der Waals surface area (Å²) in [6.07, 6.45) is 1.79. The number of carbonyl (C=O) groups excluding carboxylic acids is 1. The Hall–Kier alpha value is -1.52. The molecule has 76 valence electrons. The van der Waals surface area contributed by atoms with Gasteiger partial charge in [0.1, 0.15) is 0 Å².